The number of benzene rings is 1. The summed E-state index contributed by atoms with van der Waals surface area (Å²) in [5, 5.41) is 31.7. The molecule has 0 unspecified atom stereocenters. The lowest BCUT2D eigenvalue weighted by Gasteiger charge is -2.11. The van der Waals surface area contributed by atoms with Gasteiger partial charge in [-0.05, 0) is 31.1 Å². The van der Waals surface area contributed by atoms with Gasteiger partial charge in [-0.3, -0.25) is 10.7 Å². The van der Waals surface area contributed by atoms with Crippen molar-refractivity contribution < 1.29 is 15.4 Å². The molecule has 0 amide bonds. The minimum atomic E-state index is -0.112. The molecule has 0 saturated carbocycles. The third-order valence-electron chi connectivity index (χ3n) is 2.92. The van der Waals surface area contributed by atoms with E-state index < -0.39 is 0 Å². The Hall–Kier alpha value is -2.05. The second-order valence-electron chi connectivity index (χ2n) is 4.31. The lowest BCUT2D eigenvalue weighted by atomic mass is 10.0. The van der Waals surface area contributed by atoms with Crippen LogP contribution in [-0.2, 0) is 6.42 Å². The van der Waals surface area contributed by atoms with Crippen molar-refractivity contribution in [2.24, 2.45) is 0 Å². The van der Waals surface area contributed by atoms with E-state index in [2.05, 4.69) is 10.5 Å². The molecule has 0 fully saturated rings. The molecule has 6 heteroatoms. The number of hydroxylamine groups is 1. The number of nitrogens with zero attached hydrogens (tertiary/aromatic N) is 1. The van der Waals surface area contributed by atoms with Crippen molar-refractivity contribution in [3.05, 3.63) is 39.3 Å². The molecule has 0 aliphatic rings. The Bertz CT molecular complexity index is 650. The predicted molar refractivity (Wildman–Crippen MR) is 78.8 cm³/mol. The number of hydrogen-bond donors (Lipinski definition) is 4. The first-order chi connectivity index (χ1) is 9.55. The maximum atomic E-state index is 9.93. The minimum Gasteiger partial charge on any atom is -0.508 e. The minimum absolute atomic E-state index is 0.0375. The summed E-state index contributed by atoms with van der Waals surface area (Å²) in [5.74, 6) is -0.0741. The summed E-state index contributed by atoms with van der Waals surface area (Å²) in [4.78, 5) is 4.27. The first-order valence-electron chi connectivity index (χ1n) is 6.14. The highest BCUT2D eigenvalue weighted by atomic mass is 32.1. The Balaban J connectivity index is 2.49. The van der Waals surface area contributed by atoms with Crippen LogP contribution >= 0.6 is 11.3 Å². The maximum Gasteiger partial charge on any atom is 0.128 e. The Kier molecular flexibility index (Phi) is 4.26. The van der Waals surface area contributed by atoms with E-state index >= 15 is 0 Å². The van der Waals surface area contributed by atoms with Gasteiger partial charge in [0, 0.05) is 17.0 Å². The van der Waals surface area contributed by atoms with Crippen molar-refractivity contribution in [2.75, 3.05) is 0 Å². The van der Waals surface area contributed by atoms with Crippen LogP contribution in [0.4, 0.5) is 0 Å². The SMILES string of the molecule is CCc1cc(C(=Cc2csc(C)n2)NO)c(O)cc1O. The molecule has 20 heavy (non-hydrogen) atoms. The molecule has 0 saturated heterocycles. The van der Waals surface area contributed by atoms with E-state index in [1.54, 1.807) is 12.1 Å². The number of hydrogen-bond acceptors (Lipinski definition) is 6. The Morgan fingerprint density at radius 1 is 1.35 bits per heavy atom. The van der Waals surface area contributed by atoms with Gasteiger partial charge in [0.05, 0.1) is 16.4 Å². The second kappa shape index (κ2) is 5.94. The van der Waals surface area contributed by atoms with Gasteiger partial charge in [-0.2, -0.15) is 0 Å². The van der Waals surface area contributed by atoms with Crippen molar-refractivity contribution in [1.82, 2.24) is 10.5 Å². The van der Waals surface area contributed by atoms with E-state index in [1.165, 1.54) is 17.4 Å². The first kappa shape index (κ1) is 14.4. The normalized spacial score (nSPS) is 11.7. The van der Waals surface area contributed by atoms with Gasteiger partial charge in [-0.1, -0.05) is 6.92 Å². The monoisotopic (exact) mass is 292 g/mol. The number of phenolic OH excluding ortho intramolecular Hbond substituents is 2. The zero-order chi connectivity index (χ0) is 14.7. The fourth-order valence-corrected chi connectivity index (χ4v) is 2.46. The molecule has 0 bridgehead atoms. The van der Waals surface area contributed by atoms with Crippen LogP contribution in [0, 0.1) is 6.92 Å². The van der Waals surface area contributed by atoms with Crippen LogP contribution < -0.4 is 5.48 Å². The number of nitrogens with one attached hydrogen (secondary N) is 1. The summed E-state index contributed by atoms with van der Waals surface area (Å²) in [6.07, 6.45) is 2.25. The lowest BCUT2D eigenvalue weighted by molar-refractivity contribution is 0.225. The van der Waals surface area contributed by atoms with Crippen molar-refractivity contribution >= 4 is 23.1 Å². The van der Waals surface area contributed by atoms with Crippen LogP contribution in [0.1, 0.15) is 28.8 Å². The second-order valence-corrected chi connectivity index (χ2v) is 5.38. The first-order valence-corrected chi connectivity index (χ1v) is 7.02. The third kappa shape index (κ3) is 2.92. The van der Waals surface area contributed by atoms with Crippen LogP contribution in [0.25, 0.3) is 11.8 Å². The van der Waals surface area contributed by atoms with E-state index in [9.17, 15) is 15.4 Å². The molecular formula is C14H16N2O3S. The summed E-state index contributed by atoms with van der Waals surface area (Å²) >= 11 is 1.50. The fraction of sp³-hybridized carbons (Fsp3) is 0.214. The van der Waals surface area contributed by atoms with Crippen LogP contribution in [0.2, 0.25) is 0 Å². The van der Waals surface area contributed by atoms with E-state index in [0.29, 0.717) is 28.9 Å². The molecule has 0 aliphatic carbocycles. The zero-order valence-electron chi connectivity index (χ0n) is 11.2. The van der Waals surface area contributed by atoms with E-state index in [0.717, 1.165) is 5.01 Å². The fourth-order valence-electron chi connectivity index (χ4n) is 1.89. The van der Waals surface area contributed by atoms with Gasteiger partial charge in [0.1, 0.15) is 11.5 Å². The summed E-state index contributed by atoms with van der Waals surface area (Å²) in [6, 6.07) is 2.91. The molecule has 1 heterocycles. The summed E-state index contributed by atoms with van der Waals surface area (Å²) < 4.78 is 0. The number of phenols is 2. The smallest absolute Gasteiger partial charge is 0.128 e. The molecule has 2 rings (SSSR count). The highest BCUT2D eigenvalue weighted by Crippen LogP contribution is 2.32. The summed E-state index contributed by atoms with van der Waals surface area (Å²) in [6.45, 7) is 3.79. The molecule has 2 aromatic rings. The average Bonchev–Trinajstić information content (AvgIpc) is 2.82. The maximum absolute atomic E-state index is 9.93. The van der Waals surface area contributed by atoms with Crippen LogP contribution in [0.5, 0.6) is 11.5 Å². The van der Waals surface area contributed by atoms with Crippen molar-refractivity contribution in [3.63, 3.8) is 0 Å². The number of aromatic hydroxyl groups is 2. The molecule has 0 atom stereocenters. The Labute approximate surface area is 120 Å². The largest absolute Gasteiger partial charge is 0.508 e. The van der Waals surface area contributed by atoms with Gasteiger partial charge >= 0.3 is 0 Å². The molecule has 0 aliphatic heterocycles. The van der Waals surface area contributed by atoms with Crippen molar-refractivity contribution in [2.45, 2.75) is 20.3 Å². The topological polar surface area (TPSA) is 85.6 Å². The van der Waals surface area contributed by atoms with E-state index in [4.69, 9.17) is 0 Å². The Morgan fingerprint density at radius 2 is 2.10 bits per heavy atom. The highest BCUT2D eigenvalue weighted by molar-refractivity contribution is 7.09. The van der Waals surface area contributed by atoms with Gasteiger partial charge in [0.15, 0.2) is 0 Å². The molecule has 106 valence electrons. The molecule has 0 radical (unpaired) electrons. The summed E-state index contributed by atoms with van der Waals surface area (Å²) in [5.41, 5.74) is 4.18. The third-order valence-corrected chi connectivity index (χ3v) is 3.71. The van der Waals surface area contributed by atoms with Crippen LogP contribution in [0.15, 0.2) is 17.5 Å². The van der Waals surface area contributed by atoms with Gasteiger partial charge in [-0.15, -0.1) is 11.3 Å². The number of rotatable bonds is 4. The quantitative estimate of drug-likeness (QED) is 0.651. The standard InChI is InChI=1S/C14H16N2O3S/c1-3-9-4-11(14(18)6-13(9)17)12(16-19)5-10-7-20-8(2)15-10/h4-7,16-19H,3H2,1-2H3. The molecule has 1 aromatic heterocycles. The van der Waals surface area contributed by atoms with Crippen LogP contribution in [-0.4, -0.2) is 20.4 Å². The van der Waals surface area contributed by atoms with Gasteiger partial charge in [-0.25, -0.2) is 4.98 Å². The molecular weight excluding hydrogens is 276 g/mol. The predicted octanol–water partition coefficient (Wildman–Crippen LogP) is 2.90. The molecule has 1 aromatic carbocycles. The lowest BCUT2D eigenvalue weighted by Crippen LogP contribution is -2.06. The highest BCUT2D eigenvalue weighted by Gasteiger charge is 2.12. The average molecular weight is 292 g/mol. The van der Waals surface area contributed by atoms with Crippen LogP contribution in [0.3, 0.4) is 0 Å². The van der Waals surface area contributed by atoms with Gasteiger partial charge < -0.3 is 10.2 Å². The Morgan fingerprint density at radius 3 is 2.65 bits per heavy atom. The number of aryl methyl sites for hydroxylation is 2. The van der Waals surface area contributed by atoms with Crippen molar-refractivity contribution in [3.8, 4) is 11.5 Å². The van der Waals surface area contributed by atoms with Gasteiger partial charge in [0.25, 0.3) is 0 Å². The van der Waals surface area contributed by atoms with Gasteiger partial charge in [0.2, 0.25) is 0 Å². The zero-order valence-corrected chi connectivity index (χ0v) is 12.0. The van der Waals surface area contributed by atoms with E-state index in [1.807, 2.05) is 19.2 Å². The molecule has 5 nitrogen and oxygen atoms in total. The summed E-state index contributed by atoms with van der Waals surface area (Å²) in [7, 11) is 0. The molecule has 4 N–H and O–H groups in total. The van der Waals surface area contributed by atoms with Crippen molar-refractivity contribution in [1.29, 1.82) is 0 Å². The van der Waals surface area contributed by atoms with E-state index in [-0.39, 0.29) is 11.5 Å². The molecule has 0 spiro atoms. The number of thiazole rings is 1. The number of aromatic nitrogens is 1.